The highest BCUT2D eigenvalue weighted by Gasteiger charge is 2.13. The van der Waals surface area contributed by atoms with Crippen molar-refractivity contribution in [3.05, 3.63) is 63.3 Å². The topological polar surface area (TPSA) is 57.8 Å². The van der Waals surface area contributed by atoms with Crippen LogP contribution in [0.1, 0.15) is 42.0 Å². The van der Waals surface area contributed by atoms with Crippen LogP contribution < -0.4 is 10.9 Å². The van der Waals surface area contributed by atoms with Gasteiger partial charge in [0.25, 0.3) is 5.56 Å². The Bertz CT molecular complexity index is 634. The van der Waals surface area contributed by atoms with Gasteiger partial charge in [0.15, 0.2) is 0 Å². The molecular formula is C17H23N3O. The van der Waals surface area contributed by atoms with Gasteiger partial charge in [-0.05, 0) is 45.7 Å². The van der Waals surface area contributed by atoms with Crippen molar-refractivity contribution < 1.29 is 0 Å². The largest absolute Gasteiger partial charge is 0.310 e. The van der Waals surface area contributed by atoms with E-state index in [-0.39, 0.29) is 11.6 Å². The summed E-state index contributed by atoms with van der Waals surface area (Å²) >= 11 is 0. The third kappa shape index (κ3) is 4.26. The number of benzene rings is 1. The van der Waals surface area contributed by atoms with Gasteiger partial charge < -0.3 is 10.3 Å². The fourth-order valence-electron chi connectivity index (χ4n) is 2.60. The number of nitrogens with zero attached hydrogens (tertiary/aromatic N) is 1. The van der Waals surface area contributed by atoms with Crippen molar-refractivity contribution in [2.75, 3.05) is 6.54 Å². The van der Waals surface area contributed by atoms with Crippen LogP contribution in [0.5, 0.6) is 0 Å². The lowest BCUT2D eigenvalue weighted by molar-refractivity contribution is 0.548. The van der Waals surface area contributed by atoms with Crippen LogP contribution in [0.4, 0.5) is 0 Å². The van der Waals surface area contributed by atoms with Crippen LogP contribution in [0.2, 0.25) is 0 Å². The average molecular weight is 285 g/mol. The number of H-pyrrole nitrogens is 1. The molecule has 112 valence electrons. The first kappa shape index (κ1) is 15.4. The van der Waals surface area contributed by atoms with Crippen molar-refractivity contribution in [1.82, 2.24) is 15.3 Å². The normalized spacial score (nSPS) is 12.3. The Balaban J connectivity index is 1.88. The molecule has 0 fully saturated rings. The summed E-state index contributed by atoms with van der Waals surface area (Å²) < 4.78 is 0. The molecule has 0 aliphatic carbocycles. The van der Waals surface area contributed by atoms with E-state index in [1.165, 1.54) is 5.56 Å². The van der Waals surface area contributed by atoms with Crippen molar-refractivity contribution in [3.63, 3.8) is 0 Å². The number of hydrogen-bond donors (Lipinski definition) is 2. The van der Waals surface area contributed by atoms with Crippen molar-refractivity contribution >= 4 is 0 Å². The molecule has 0 amide bonds. The zero-order valence-electron chi connectivity index (χ0n) is 12.9. The molecule has 0 spiro atoms. The number of rotatable bonds is 6. The van der Waals surface area contributed by atoms with Crippen molar-refractivity contribution in [2.24, 2.45) is 0 Å². The molecule has 2 aromatic rings. The van der Waals surface area contributed by atoms with Crippen LogP contribution in [0.25, 0.3) is 0 Å². The molecule has 1 atom stereocenters. The van der Waals surface area contributed by atoms with Gasteiger partial charge >= 0.3 is 0 Å². The first-order valence-corrected chi connectivity index (χ1v) is 7.42. The summed E-state index contributed by atoms with van der Waals surface area (Å²) in [6, 6.07) is 10.4. The lowest BCUT2D eigenvalue weighted by Gasteiger charge is -2.15. The summed E-state index contributed by atoms with van der Waals surface area (Å²) in [5, 5.41) is 3.41. The lowest BCUT2D eigenvalue weighted by atomic mass is 10.1. The number of hydrogen-bond acceptors (Lipinski definition) is 3. The average Bonchev–Trinajstić information content (AvgIpc) is 2.43. The molecule has 1 aromatic carbocycles. The fraction of sp³-hybridized carbons (Fsp3) is 0.412. The second kappa shape index (κ2) is 7.18. The molecule has 4 heteroatoms. The molecule has 0 radical (unpaired) electrons. The monoisotopic (exact) mass is 285 g/mol. The molecule has 1 heterocycles. The van der Waals surface area contributed by atoms with Crippen LogP contribution in [0, 0.1) is 13.8 Å². The van der Waals surface area contributed by atoms with E-state index in [0.717, 1.165) is 30.6 Å². The fourth-order valence-corrected chi connectivity index (χ4v) is 2.60. The predicted molar refractivity (Wildman–Crippen MR) is 85.5 cm³/mol. The van der Waals surface area contributed by atoms with E-state index in [0.29, 0.717) is 5.82 Å². The number of aryl methyl sites for hydroxylation is 3. The Hall–Kier alpha value is -1.94. The molecule has 2 rings (SSSR count). The van der Waals surface area contributed by atoms with Gasteiger partial charge in [-0.1, -0.05) is 30.3 Å². The second-order valence-electron chi connectivity index (χ2n) is 5.42. The maximum absolute atomic E-state index is 12.0. The maximum atomic E-state index is 12.0. The van der Waals surface area contributed by atoms with Gasteiger partial charge in [-0.15, -0.1) is 0 Å². The molecule has 2 N–H and O–H groups in total. The van der Waals surface area contributed by atoms with Gasteiger partial charge in [-0.25, -0.2) is 4.98 Å². The summed E-state index contributed by atoms with van der Waals surface area (Å²) in [6.07, 6.45) is 2.09. The Labute approximate surface area is 125 Å². The molecule has 4 nitrogen and oxygen atoms in total. The number of aromatic nitrogens is 2. The van der Waals surface area contributed by atoms with E-state index in [9.17, 15) is 4.79 Å². The summed E-state index contributed by atoms with van der Waals surface area (Å²) in [5.41, 5.74) is 2.85. The molecule has 1 aromatic heterocycles. The summed E-state index contributed by atoms with van der Waals surface area (Å²) in [7, 11) is 0. The van der Waals surface area contributed by atoms with E-state index in [4.69, 9.17) is 0 Å². The highest BCUT2D eigenvalue weighted by molar-refractivity contribution is 5.20. The van der Waals surface area contributed by atoms with Crippen LogP contribution in [-0.4, -0.2) is 16.5 Å². The van der Waals surface area contributed by atoms with Crippen molar-refractivity contribution in [1.29, 1.82) is 0 Å². The Morgan fingerprint density at radius 3 is 2.62 bits per heavy atom. The third-order valence-electron chi connectivity index (χ3n) is 3.63. The van der Waals surface area contributed by atoms with E-state index in [1.807, 2.05) is 19.9 Å². The molecule has 1 unspecified atom stereocenters. The van der Waals surface area contributed by atoms with E-state index < -0.39 is 0 Å². The quantitative estimate of drug-likeness (QED) is 0.802. The first-order valence-electron chi connectivity index (χ1n) is 7.42. The summed E-state index contributed by atoms with van der Waals surface area (Å²) in [5.74, 6) is 0.664. The minimum absolute atomic E-state index is 0.0117. The minimum Gasteiger partial charge on any atom is -0.310 e. The predicted octanol–water partition coefficient (Wildman–Crippen LogP) is 2.67. The van der Waals surface area contributed by atoms with Crippen LogP contribution in [0.15, 0.2) is 35.1 Å². The van der Waals surface area contributed by atoms with Gasteiger partial charge in [-0.2, -0.15) is 0 Å². The number of nitrogens with one attached hydrogen (secondary N) is 2. The molecule has 0 aliphatic heterocycles. The Morgan fingerprint density at radius 1 is 1.24 bits per heavy atom. The second-order valence-corrected chi connectivity index (χ2v) is 5.42. The summed E-state index contributed by atoms with van der Waals surface area (Å²) in [4.78, 5) is 19.1. The molecule has 0 aliphatic rings. The third-order valence-corrected chi connectivity index (χ3v) is 3.63. The van der Waals surface area contributed by atoms with Crippen LogP contribution >= 0.6 is 0 Å². The Morgan fingerprint density at radius 2 is 1.95 bits per heavy atom. The van der Waals surface area contributed by atoms with Crippen LogP contribution in [0.3, 0.4) is 0 Å². The van der Waals surface area contributed by atoms with Gasteiger partial charge in [0.1, 0.15) is 5.82 Å². The maximum Gasteiger partial charge on any atom is 0.255 e. The van der Waals surface area contributed by atoms with Crippen LogP contribution in [-0.2, 0) is 6.42 Å². The molecule has 0 saturated heterocycles. The zero-order chi connectivity index (χ0) is 15.2. The van der Waals surface area contributed by atoms with E-state index in [1.54, 1.807) is 6.92 Å². The molecular weight excluding hydrogens is 262 g/mol. The van der Waals surface area contributed by atoms with Gasteiger partial charge in [0, 0.05) is 11.7 Å². The highest BCUT2D eigenvalue weighted by Crippen LogP contribution is 2.11. The zero-order valence-corrected chi connectivity index (χ0v) is 12.9. The Kier molecular flexibility index (Phi) is 5.28. The van der Waals surface area contributed by atoms with E-state index in [2.05, 4.69) is 39.6 Å². The van der Waals surface area contributed by atoms with Crippen molar-refractivity contribution in [3.8, 4) is 0 Å². The van der Waals surface area contributed by atoms with E-state index >= 15 is 0 Å². The SMILES string of the molecule is Cc1nc(C)c(C(C)NCCCc2ccccc2)c(=O)[nH]1. The lowest BCUT2D eigenvalue weighted by Crippen LogP contribution is -2.28. The minimum atomic E-state index is -0.0388. The highest BCUT2D eigenvalue weighted by atomic mass is 16.1. The van der Waals surface area contributed by atoms with Gasteiger partial charge in [-0.3, -0.25) is 4.79 Å². The molecule has 0 saturated carbocycles. The standard InChI is InChI=1S/C17H23N3O/c1-12(16-13(2)19-14(3)20-17(16)21)18-11-7-10-15-8-5-4-6-9-15/h4-6,8-9,12,18H,7,10-11H2,1-3H3,(H,19,20,21). The smallest absolute Gasteiger partial charge is 0.255 e. The van der Waals surface area contributed by atoms with Crippen molar-refractivity contribution in [2.45, 2.75) is 39.7 Å². The number of aromatic amines is 1. The molecule has 0 bridgehead atoms. The molecule has 21 heavy (non-hydrogen) atoms. The van der Waals surface area contributed by atoms with Gasteiger partial charge in [0.05, 0.1) is 5.56 Å². The van der Waals surface area contributed by atoms with Gasteiger partial charge in [0.2, 0.25) is 0 Å². The first-order chi connectivity index (χ1) is 10.1. The summed E-state index contributed by atoms with van der Waals surface area (Å²) in [6.45, 7) is 6.58.